The van der Waals surface area contributed by atoms with Gasteiger partial charge in [0.25, 0.3) is 0 Å². The van der Waals surface area contributed by atoms with E-state index in [9.17, 15) is 14.0 Å². The topological polar surface area (TPSA) is 119 Å². The number of halogens is 2. The second-order valence-corrected chi connectivity index (χ2v) is 8.69. The molecule has 11 heteroatoms. The molecule has 0 aliphatic carbocycles. The highest BCUT2D eigenvalue weighted by Crippen LogP contribution is 2.46. The number of primary amides is 2. The summed E-state index contributed by atoms with van der Waals surface area (Å²) < 4.78 is 26.2. The van der Waals surface area contributed by atoms with E-state index in [1.54, 1.807) is 10.6 Å². The Morgan fingerprint density at radius 1 is 1.32 bits per heavy atom. The highest BCUT2D eigenvalue weighted by atomic mass is 35.5. The molecular weight excluding hydrogens is 431 g/mol. The SMILES string of the molecule is CC1(C[N+]2(OC(N)=O)CCn3c(Cl)c(-c4cccc(F)c4)c(OC(N)=O)c3C2)COC1. The lowest BCUT2D eigenvalue weighted by Gasteiger charge is -2.46. The Balaban J connectivity index is 1.82. The van der Waals surface area contributed by atoms with Gasteiger partial charge in [-0.2, -0.15) is 0 Å². The van der Waals surface area contributed by atoms with Gasteiger partial charge in [-0.3, -0.25) is 4.84 Å². The number of carbonyl (C=O) groups excluding carboxylic acids is 2. The van der Waals surface area contributed by atoms with Gasteiger partial charge in [-0.05, 0) is 24.6 Å². The Labute approximate surface area is 182 Å². The normalized spacial score (nSPS) is 21.6. The largest absolute Gasteiger partial charge is 0.459 e. The van der Waals surface area contributed by atoms with E-state index in [4.69, 9.17) is 37.4 Å². The quantitative estimate of drug-likeness (QED) is 0.675. The standard InChI is InChI=1S/C20H22ClFN4O5/c1-20(10-29-11-20)9-26(31-19(24)28)6-5-25-14(8-26)16(30-18(23)27)15(17(25)21)12-3-2-4-13(22)7-12/h2-4,7H,5-6,8-11H2,1H3,(H3-,23,24,27,28)/p+1. The fourth-order valence-corrected chi connectivity index (χ4v) is 4.80. The molecule has 3 heterocycles. The number of nitrogens with zero attached hydrogens (tertiary/aromatic N) is 2. The number of hydroxylamine groups is 3. The van der Waals surface area contributed by atoms with Crippen LogP contribution < -0.4 is 16.2 Å². The molecular formula is C20H23ClFN4O5+. The molecule has 2 amide bonds. The van der Waals surface area contributed by atoms with Gasteiger partial charge in [0.2, 0.25) is 0 Å². The zero-order valence-electron chi connectivity index (χ0n) is 16.9. The first-order chi connectivity index (χ1) is 14.6. The molecule has 0 radical (unpaired) electrons. The molecule has 0 saturated carbocycles. The third-order valence-corrected chi connectivity index (χ3v) is 5.99. The molecule has 1 unspecified atom stereocenters. The average molecular weight is 454 g/mol. The first-order valence-electron chi connectivity index (χ1n) is 9.68. The molecule has 31 heavy (non-hydrogen) atoms. The summed E-state index contributed by atoms with van der Waals surface area (Å²) in [5, 5.41) is 0.270. The van der Waals surface area contributed by atoms with Crippen molar-refractivity contribution >= 4 is 23.8 Å². The Morgan fingerprint density at radius 2 is 2.06 bits per heavy atom. The van der Waals surface area contributed by atoms with Crippen LogP contribution in [-0.4, -0.2) is 47.7 Å². The highest BCUT2D eigenvalue weighted by molar-refractivity contribution is 6.33. The van der Waals surface area contributed by atoms with Crippen molar-refractivity contribution in [2.45, 2.75) is 20.0 Å². The molecule has 9 nitrogen and oxygen atoms in total. The van der Waals surface area contributed by atoms with E-state index >= 15 is 0 Å². The lowest BCUT2D eigenvalue weighted by molar-refractivity contribution is -1.11. The fraction of sp³-hybridized carbons (Fsp3) is 0.400. The van der Waals surface area contributed by atoms with Crippen molar-refractivity contribution in [3.63, 3.8) is 0 Å². The van der Waals surface area contributed by atoms with Crippen molar-refractivity contribution in [1.29, 1.82) is 0 Å². The number of ether oxygens (including phenoxy) is 2. The van der Waals surface area contributed by atoms with E-state index < -0.39 is 18.0 Å². The van der Waals surface area contributed by atoms with Crippen LogP contribution in [0.1, 0.15) is 12.6 Å². The molecule has 0 spiro atoms. The summed E-state index contributed by atoms with van der Waals surface area (Å²) in [5.41, 5.74) is 11.8. The van der Waals surface area contributed by atoms with E-state index in [1.807, 2.05) is 6.92 Å². The van der Waals surface area contributed by atoms with Crippen LogP contribution in [-0.2, 0) is 22.7 Å². The van der Waals surface area contributed by atoms with Crippen molar-refractivity contribution < 1.29 is 32.9 Å². The van der Waals surface area contributed by atoms with Crippen LogP contribution in [0.2, 0.25) is 5.15 Å². The molecule has 1 saturated heterocycles. The molecule has 1 fully saturated rings. The summed E-state index contributed by atoms with van der Waals surface area (Å²) in [4.78, 5) is 29.0. The Hall–Kier alpha value is -2.82. The fourth-order valence-electron chi connectivity index (χ4n) is 4.42. The molecule has 166 valence electrons. The van der Waals surface area contributed by atoms with Gasteiger partial charge in [0.1, 0.15) is 29.8 Å². The number of quaternary nitrogens is 1. The second kappa shape index (κ2) is 7.70. The van der Waals surface area contributed by atoms with Gasteiger partial charge in [-0.1, -0.05) is 23.7 Å². The molecule has 0 bridgehead atoms. The molecule has 4 N–H and O–H groups in total. The predicted octanol–water partition coefficient (Wildman–Crippen LogP) is 2.78. The van der Waals surface area contributed by atoms with E-state index in [2.05, 4.69) is 0 Å². The number of rotatable bonds is 5. The second-order valence-electron chi connectivity index (χ2n) is 8.34. The van der Waals surface area contributed by atoms with E-state index in [-0.39, 0.29) is 27.5 Å². The number of hydrogen-bond acceptors (Lipinski definition) is 5. The maximum absolute atomic E-state index is 13.9. The van der Waals surface area contributed by atoms with E-state index in [1.165, 1.54) is 18.2 Å². The maximum atomic E-state index is 13.9. The summed E-state index contributed by atoms with van der Waals surface area (Å²) >= 11 is 6.64. The predicted molar refractivity (Wildman–Crippen MR) is 108 cm³/mol. The van der Waals surface area contributed by atoms with Crippen molar-refractivity contribution in [3.05, 3.63) is 40.9 Å². The first-order valence-corrected chi connectivity index (χ1v) is 10.1. The third-order valence-electron chi connectivity index (χ3n) is 5.60. The lowest BCUT2D eigenvalue weighted by atomic mass is 9.87. The van der Waals surface area contributed by atoms with Crippen LogP contribution in [0.3, 0.4) is 0 Å². The van der Waals surface area contributed by atoms with Crippen LogP contribution in [0.4, 0.5) is 14.0 Å². The molecule has 2 aromatic rings. The van der Waals surface area contributed by atoms with Gasteiger partial charge in [-0.25, -0.2) is 14.0 Å². The summed E-state index contributed by atoms with van der Waals surface area (Å²) in [6.45, 7) is 4.40. The van der Waals surface area contributed by atoms with Crippen molar-refractivity contribution in [3.8, 4) is 16.9 Å². The minimum Gasteiger partial charge on any atom is -0.408 e. The van der Waals surface area contributed by atoms with Crippen molar-refractivity contribution in [2.75, 3.05) is 26.3 Å². The van der Waals surface area contributed by atoms with Crippen LogP contribution in [0.15, 0.2) is 24.3 Å². The van der Waals surface area contributed by atoms with Gasteiger partial charge in [0.15, 0.2) is 12.3 Å². The summed E-state index contributed by atoms with van der Waals surface area (Å²) in [5.74, 6) is -0.365. The van der Waals surface area contributed by atoms with Crippen LogP contribution in [0.5, 0.6) is 5.75 Å². The van der Waals surface area contributed by atoms with Crippen LogP contribution in [0.25, 0.3) is 11.1 Å². The average Bonchev–Trinajstić information content (AvgIpc) is 2.90. The zero-order chi connectivity index (χ0) is 22.4. The Bertz CT molecular complexity index is 1050. The molecule has 1 atom stereocenters. The number of hydrogen-bond donors (Lipinski definition) is 2. The highest BCUT2D eigenvalue weighted by Gasteiger charge is 2.49. The zero-order valence-corrected chi connectivity index (χ0v) is 17.7. The summed E-state index contributed by atoms with van der Waals surface area (Å²) in [7, 11) is 0. The number of nitrogens with two attached hydrogens (primary N) is 2. The van der Waals surface area contributed by atoms with Crippen LogP contribution >= 0.6 is 11.6 Å². The van der Waals surface area contributed by atoms with E-state index in [0.29, 0.717) is 49.7 Å². The summed E-state index contributed by atoms with van der Waals surface area (Å²) in [6.07, 6.45) is -1.96. The first kappa shape index (κ1) is 21.4. The maximum Gasteiger partial charge on any atom is 0.459 e. The van der Waals surface area contributed by atoms with Gasteiger partial charge in [-0.15, -0.1) is 4.65 Å². The van der Waals surface area contributed by atoms with Gasteiger partial charge in [0.05, 0.1) is 30.7 Å². The number of carbonyl (C=O) groups is 2. The third kappa shape index (κ3) is 4.06. The number of benzene rings is 1. The summed E-state index contributed by atoms with van der Waals surface area (Å²) in [6, 6.07) is 5.76. The number of fused-ring (bicyclic) bond motifs is 1. The van der Waals surface area contributed by atoms with Crippen molar-refractivity contribution in [1.82, 2.24) is 4.57 Å². The molecule has 1 aromatic carbocycles. The van der Waals surface area contributed by atoms with Gasteiger partial charge >= 0.3 is 12.2 Å². The Kier molecular flexibility index (Phi) is 5.32. The molecule has 2 aliphatic rings. The molecule has 4 rings (SSSR count). The molecule has 2 aliphatic heterocycles. The minimum absolute atomic E-state index is 0.105. The van der Waals surface area contributed by atoms with E-state index in [0.717, 1.165) is 0 Å². The lowest BCUT2D eigenvalue weighted by Crippen LogP contribution is -2.61. The van der Waals surface area contributed by atoms with Gasteiger partial charge < -0.3 is 25.5 Å². The number of amides is 2. The van der Waals surface area contributed by atoms with Crippen molar-refractivity contribution in [2.24, 2.45) is 16.9 Å². The smallest absolute Gasteiger partial charge is 0.408 e. The monoisotopic (exact) mass is 453 g/mol. The Morgan fingerprint density at radius 3 is 2.65 bits per heavy atom. The van der Waals surface area contributed by atoms with Crippen LogP contribution in [0, 0.1) is 11.2 Å². The number of aromatic nitrogens is 1. The minimum atomic E-state index is -1.04. The van der Waals surface area contributed by atoms with Gasteiger partial charge in [0, 0.05) is 0 Å². The molecule has 1 aromatic heterocycles.